The summed E-state index contributed by atoms with van der Waals surface area (Å²) in [7, 11) is 0. The molecule has 0 saturated carbocycles. The molecule has 1 aromatic heterocycles. The second-order valence-electron chi connectivity index (χ2n) is 7.30. The van der Waals surface area contributed by atoms with Crippen LogP contribution in [0.4, 0.5) is 5.95 Å². The van der Waals surface area contributed by atoms with Gasteiger partial charge in [-0.25, -0.2) is 9.97 Å². The first-order chi connectivity index (χ1) is 12.7. The SMILES string of the molecule is C[C@H]1CCN1c1nc2c(c(-c3ccc4c(c3)C(=O)NCCO4)n1)CCC2. The minimum Gasteiger partial charge on any atom is -0.491 e. The molecule has 6 heteroatoms. The highest BCUT2D eigenvalue weighted by Crippen LogP contribution is 2.35. The Morgan fingerprint density at radius 3 is 3.00 bits per heavy atom. The molecule has 0 unspecified atom stereocenters. The van der Waals surface area contributed by atoms with Crippen molar-refractivity contribution in [2.24, 2.45) is 0 Å². The van der Waals surface area contributed by atoms with Gasteiger partial charge in [-0.15, -0.1) is 0 Å². The molecule has 6 nitrogen and oxygen atoms in total. The van der Waals surface area contributed by atoms with E-state index in [-0.39, 0.29) is 5.91 Å². The highest BCUT2D eigenvalue weighted by atomic mass is 16.5. The molecule has 0 spiro atoms. The van der Waals surface area contributed by atoms with Crippen molar-refractivity contribution in [1.82, 2.24) is 15.3 Å². The van der Waals surface area contributed by atoms with E-state index in [1.54, 1.807) is 0 Å². The van der Waals surface area contributed by atoms with Crippen LogP contribution in [0, 0.1) is 0 Å². The number of amides is 1. The van der Waals surface area contributed by atoms with E-state index in [9.17, 15) is 4.79 Å². The van der Waals surface area contributed by atoms with E-state index in [0.717, 1.165) is 43.0 Å². The van der Waals surface area contributed by atoms with Gasteiger partial charge in [-0.1, -0.05) is 0 Å². The molecular weight excluding hydrogens is 328 g/mol. The van der Waals surface area contributed by atoms with Crippen molar-refractivity contribution in [3.63, 3.8) is 0 Å². The van der Waals surface area contributed by atoms with Gasteiger partial charge >= 0.3 is 0 Å². The Kier molecular flexibility index (Phi) is 3.58. The molecule has 5 rings (SSSR count). The van der Waals surface area contributed by atoms with Crippen LogP contribution in [0.1, 0.15) is 41.4 Å². The predicted octanol–water partition coefficient (Wildman–Crippen LogP) is 2.35. The van der Waals surface area contributed by atoms with Crippen molar-refractivity contribution in [3.05, 3.63) is 35.0 Å². The van der Waals surface area contributed by atoms with Gasteiger partial charge in [0.2, 0.25) is 5.95 Å². The molecule has 2 aromatic rings. The Labute approximate surface area is 152 Å². The minimum atomic E-state index is -0.0818. The Hall–Kier alpha value is -2.63. The molecule has 1 saturated heterocycles. The minimum absolute atomic E-state index is 0.0818. The van der Waals surface area contributed by atoms with Crippen molar-refractivity contribution in [2.75, 3.05) is 24.6 Å². The molecule has 3 heterocycles. The first kappa shape index (κ1) is 15.6. The van der Waals surface area contributed by atoms with E-state index in [2.05, 4.69) is 17.1 Å². The monoisotopic (exact) mass is 350 g/mol. The summed E-state index contributed by atoms with van der Waals surface area (Å²) in [5.41, 5.74) is 4.93. The third kappa shape index (κ3) is 2.43. The Bertz CT molecular complexity index is 896. The van der Waals surface area contributed by atoms with Crippen LogP contribution in [0.2, 0.25) is 0 Å². The number of nitrogens with zero attached hydrogens (tertiary/aromatic N) is 3. The number of rotatable bonds is 2. The van der Waals surface area contributed by atoms with Gasteiger partial charge in [-0.05, 0) is 50.8 Å². The van der Waals surface area contributed by atoms with Gasteiger partial charge in [0.05, 0.1) is 17.8 Å². The van der Waals surface area contributed by atoms with Crippen molar-refractivity contribution >= 4 is 11.9 Å². The van der Waals surface area contributed by atoms with Crippen molar-refractivity contribution in [2.45, 2.75) is 38.6 Å². The lowest BCUT2D eigenvalue weighted by molar-refractivity contribution is 0.0957. The molecule has 3 aliphatic rings. The lowest BCUT2D eigenvalue weighted by Gasteiger charge is -2.39. The van der Waals surface area contributed by atoms with Crippen molar-refractivity contribution < 1.29 is 9.53 Å². The van der Waals surface area contributed by atoms with Crippen LogP contribution < -0.4 is 15.0 Å². The zero-order valence-electron chi connectivity index (χ0n) is 14.9. The van der Waals surface area contributed by atoms with Crippen LogP contribution in [0.3, 0.4) is 0 Å². The number of aromatic nitrogens is 2. The largest absolute Gasteiger partial charge is 0.491 e. The summed E-state index contributed by atoms with van der Waals surface area (Å²) < 4.78 is 5.68. The number of carbonyl (C=O) groups excluding carboxylic acids is 1. The van der Waals surface area contributed by atoms with Crippen LogP contribution in [0.5, 0.6) is 5.75 Å². The number of carbonyl (C=O) groups is 1. The van der Waals surface area contributed by atoms with Gasteiger partial charge < -0.3 is 15.0 Å². The maximum absolute atomic E-state index is 12.4. The topological polar surface area (TPSA) is 67.4 Å². The maximum Gasteiger partial charge on any atom is 0.255 e. The Morgan fingerprint density at radius 2 is 2.19 bits per heavy atom. The number of ether oxygens (including phenoxy) is 1. The van der Waals surface area contributed by atoms with Gasteiger partial charge in [0, 0.05) is 29.4 Å². The second-order valence-corrected chi connectivity index (χ2v) is 7.30. The number of aryl methyl sites for hydroxylation is 1. The van der Waals surface area contributed by atoms with Crippen molar-refractivity contribution in [3.8, 4) is 17.0 Å². The van der Waals surface area contributed by atoms with E-state index in [1.807, 2.05) is 18.2 Å². The lowest BCUT2D eigenvalue weighted by Crippen LogP contribution is -2.46. The predicted molar refractivity (Wildman–Crippen MR) is 98.7 cm³/mol. The molecule has 2 aliphatic heterocycles. The van der Waals surface area contributed by atoms with E-state index in [4.69, 9.17) is 14.7 Å². The average Bonchev–Trinajstić information content (AvgIpc) is 3.04. The number of nitrogens with one attached hydrogen (secondary N) is 1. The summed E-state index contributed by atoms with van der Waals surface area (Å²) in [5.74, 6) is 1.39. The third-order valence-corrected chi connectivity index (χ3v) is 5.64. The summed E-state index contributed by atoms with van der Waals surface area (Å²) >= 11 is 0. The summed E-state index contributed by atoms with van der Waals surface area (Å²) in [6.07, 6.45) is 4.31. The summed E-state index contributed by atoms with van der Waals surface area (Å²) in [6.45, 7) is 4.25. The highest BCUT2D eigenvalue weighted by molar-refractivity contribution is 5.98. The molecule has 1 N–H and O–H groups in total. The molecule has 1 aromatic carbocycles. The molecular formula is C20H22N4O2. The number of benzene rings is 1. The van der Waals surface area contributed by atoms with E-state index in [0.29, 0.717) is 30.5 Å². The molecule has 134 valence electrons. The van der Waals surface area contributed by atoms with Gasteiger partial charge in [-0.3, -0.25) is 4.79 Å². The molecule has 1 atom stereocenters. The van der Waals surface area contributed by atoms with Crippen LogP contribution in [-0.4, -0.2) is 41.6 Å². The molecule has 1 fully saturated rings. The highest BCUT2D eigenvalue weighted by Gasteiger charge is 2.29. The average molecular weight is 350 g/mol. The number of fused-ring (bicyclic) bond motifs is 2. The molecule has 0 bridgehead atoms. The second kappa shape index (κ2) is 5.97. The number of hydrogen-bond acceptors (Lipinski definition) is 5. The fourth-order valence-corrected chi connectivity index (χ4v) is 4.00. The molecule has 1 amide bonds. The first-order valence-corrected chi connectivity index (χ1v) is 9.42. The molecule has 0 radical (unpaired) electrons. The lowest BCUT2D eigenvalue weighted by atomic mass is 10.0. The quantitative estimate of drug-likeness (QED) is 0.901. The van der Waals surface area contributed by atoms with Crippen molar-refractivity contribution in [1.29, 1.82) is 0 Å². The smallest absolute Gasteiger partial charge is 0.255 e. The molecule has 26 heavy (non-hydrogen) atoms. The van der Waals surface area contributed by atoms with Gasteiger partial charge in [0.1, 0.15) is 12.4 Å². The van der Waals surface area contributed by atoms with Gasteiger partial charge in [0.15, 0.2) is 0 Å². The summed E-state index contributed by atoms with van der Waals surface area (Å²) in [5, 5.41) is 2.88. The van der Waals surface area contributed by atoms with Gasteiger partial charge in [0.25, 0.3) is 5.91 Å². The van der Waals surface area contributed by atoms with Crippen LogP contribution in [0.25, 0.3) is 11.3 Å². The number of anilines is 1. The number of hydrogen-bond donors (Lipinski definition) is 1. The van der Waals surface area contributed by atoms with Gasteiger partial charge in [-0.2, -0.15) is 0 Å². The van der Waals surface area contributed by atoms with Crippen LogP contribution >= 0.6 is 0 Å². The Balaban J connectivity index is 1.63. The Morgan fingerprint density at radius 1 is 1.27 bits per heavy atom. The van der Waals surface area contributed by atoms with E-state index < -0.39 is 0 Å². The third-order valence-electron chi connectivity index (χ3n) is 5.64. The standard InChI is InChI=1S/C20H22N4O2/c1-12-7-9-24(12)20-22-16-4-2-3-14(16)18(23-20)13-5-6-17-15(11-13)19(25)21-8-10-26-17/h5-6,11-12H,2-4,7-10H2,1H3,(H,21,25)/t12-/m0/s1. The van der Waals surface area contributed by atoms with Crippen LogP contribution in [0.15, 0.2) is 18.2 Å². The summed E-state index contributed by atoms with van der Waals surface area (Å²) in [6, 6.07) is 6.32. The molecule has 1 aliphatic carbocycles. The zero-order chi connectivity index (χ0) is 17.7. The zero-order valence-corrected chi connectivity index (χ0v) is 14.9. The van der Waals surface area contributed by atoms with E-state index >= 15 is 0 Å². The normalized spacial score (nSPS) is 21.2. The van der Waals surface area contributed by atoms with E-state index in [1.165, 1.54) is 17.7 Å². The first-order valence-electron chi connectivity index (χ1n) is 9.42. The fourth-order valence-electron chi connectivity index (χ4n) is 4.00. The summed E-state index contributed by atoms with van der Waals surface area (Å²) in [4.78, 5) is 24.4. The fraction of sp³-hybridized carbons (Fsp3) is 0.450. The maximum atomic E-state index is 12.4. The van der Waals surface area contributed by atoms with Crippen LogP contribution in [-0.2, 0) is 12.8 Å².